The van der Waals surface area contributed by atoms with Crippen molar-refractivity contribution in [3.05, 3.63) is 121 Å². The second-order valence-electron chi connectivity index (χ2n) is 8.70. The summed E-state index contributed by atoms with van der Waals surface area (Å²) in [5.41, 5.74) is 3.41. The topological polar surface area (TPSA) is 26.3 Å². The van der Waals surface area contributed by atoms with Crippen molar-refractivity contribution in [2.45, 2.75) is 0 Å². The highest BCUT2D eigenvalue weighted by molar-refractivity contribution is 6.26. The molecular weight excluding hydrogens is 440 g/mol. The molecule has 0 saturated heterocycles. The molecule has 2 heteroatoms. The molecule has 0 aliphatic carbocycles. The predicted octanol–water partition coefficient (Wildman–Crippen LogP) is 9.97. The molecule has 0 spiro atoms. The Balaban J connectivity index is 1.72. The van der Waals surface area contributed by atoms with E-state index in [4.69, 9.17) is 17.1 Å². The van der Waals surface area contributed by atoms with Crippen LogP contribution in [-0.2, 0) is 0 Å². The maximum Gasteiger partial charge on any atom is 0.136 e. The van der Waals surface area contributed by atoms with Crippen LogP contribution in [0.25, 0.3) is 76.7 Å². The minimum absolute atomic E-state index is 0.160. The Labute approximate surface area is 218 Å². The summed E-state index contributed by atoms with van der Waals surface area (Å²) in [7, 11) is 0. The zero-order chi connectivity index (χ0) is 30.6. The summed E-state index contributed by atoms with van der Waals surface area (Å²) in [5, 5.41) is 2.86. The van der Waals surface area contributed by atoms with Gasteiger partial charge in [-0.2, -0.15) is 0 Å². The molecule has 0 aliphatic heterocycles. The minimum atomic E-state index is -0.440. The first-order valence-electron chi connectivity index (χ1n) is 15.5. The van der Waals surface area contributed by atoms with E-state index in [1.807, 2.05) is 24.3 Å². The van der Waals surface area contributed by atoms with Crippen LogP contribution in [-0.4, -0.2) is 0 Å². The van der Waals surface area contributed by atoms with Crippen molar-refractivity contribution in [3.8, 4) is 22.3 Å². The van der Waals surface area contributed by atoms with Gasteiger partial charge >= 0.3 is 0 Å². The van der Waals surface area contributed by atoms with E-state index < -0.39 is 24.2 Å². The Morgan fingerprint density at radius 1 is 0.556 bits per heavy atom. The molecule has 8 aromatic rings. The van der Waals surface area contributed by atoms with E-state index >= 15 is 0 Å². The molecule has 168 valence electrons. The van der Waals surface area contributed by atoms with E-state index in [0.717, 1.165) is 5.39 Å². The van der Waals surface area contributed by atoms with Gasteiger partial charge in [-0.3, -0.25) is 0 Å². The van der Waals surface area contributed by atoms with E-state index in [9.17, 15) is 2.74 Å². The van der Waals surface area contributed by atoms with Crippen molar-refractivity contribution in [1.82, 2.24) is 0 Å². The lowest BCUT2D eigenvalue weighted by Gasteiger charge is -2.18. The van der Waals surface area contributed by atoms with Gasteiger partial charge in [-0.05, 0) is 68.1 Å². The van der Waals surface area contributed by atoms with Gasteiger partial charge in [-0.25, -0.2) is 0 Å². The van der Waals surface area contributed by atoms with Gasteiger partial charge in [-0.15, -0.1) is 0 Å². The molecule has 2 aromatic heterocycles. The monoisotopic (exact) mass is 468 g/mol. The first kappa shape index (κ1) is 13.3. The SMILES string of the molecule is [2H]c1c([2H])c([2H])c2c(-c3cccc4oc5cc6ccoc6cc5c34)c3c([2H])c([2H])c([2H])c([2H])c3c(-c3ccccc3)c2c1[2H]. The molecule has 0 saturated carbocycles. The highest BCUT2D eigenvalue weighted by Crippen LogP contribution is 2.47. The van der Waals surface area contributed by atoms with E-state index in [2.05, 4.69) is 0 Å². The number of hydrogen-bond acceptors (Lipinski definition) is 2. The average Bonchev–Trinajstić information content (AvgIpc) is 3.65. The maximum atomic E-state index is 9.17. The molecule has 0 unspecified atom stereocenters. The van der Waals surface area contributed by atoms with Crippen LogP contribution < -0.4 is 0 Å². The summed E-state index contributed by atoms with van der Waals surface area (Å²) in [5.74, 6) is 0. The zero-order valence-electron chi connectivity index (χ0n) is 26.7. The molecule has 0 N–H and O–H groups in total. The fourth-order valence-corrected chi connectivity index (χ4v) is 5.28. The van der Waals surface area contributed by atoms with Crippen molar-refractivity contribution in [1.29, 1.82) is 0 Å². The number of fused-ring (bicyclic) bond motifs is 6. The summed E-state index contributed by atoms with van der Waals surface area (Å²) in [6, 6.07) is 16.9. The first-order chi connectivity index (χ1) is 21.2. The van der Waals surface area contributed by atoms with Gasteiger partial charge in [0, 0.05) is 16.2 Å². The van der Waals surface area contributed by atoms with E-state index in [1.54, 1.807) is 48.7 Å². The highest BCUT2D eigenvalue weighted by Gasteiger charge is 2.20. The maximum absolute atomic E-state index is 9.17. The van der Waals surface area contributed by atoms with Crippen LogP contribution in [0.5, 0.6) is 0 Å². The van der Waals surface area contributed by atoms with Crippen LogP contribution in [0.3, 0.4) is 0 Å². The lowest BCUT2D eigenvalue weighted by Crippen LogP contribution is -1.91. The largest absolute Gasteiger partial charge is 0.464 e. The van der Waals surface area contributed by atoms with Crippen molar-refractivity contribution < 1.29 is 19.8 Å². The summed E-state index contributed by atoms with van der Waals surface area (Å²) in [6.07, 6.45) is 1.59. The summed E-state index contributed by atoms with van der Waals surface area (Å²) < 4.78 is 82.9. The molecule has 0 atom stereocenters. The average molecular weight is 469 g/mol. The summed E-state index contributed by atoms with van der Waals surface area (Å²) in [4.78, 5) is 0. The van der Waals surface area contributed by atoms with Crippen molar-refractivity contribution >= 4 is 54.5 Å². The van der Waals surface area contributed by atoms with Crippen LogP contribution in [0, 0.1) is 0 Å². The Morgan fingerprint density at radius 2 is 1.25 bits per heavy atom. The molecule has 0 amide bonds. The van der Waals surface area contributed by atoms with Crippen molar-refractivity contribution in [2.24, 2.45) is 0 Å². The van der Waals surface area contributed by atoms with Gasteiger partial charge in [0.15, 0.2) is 0 Å². The molecule has 0 radical (unpaired) electrons. The van der Waals surface area contributed by atoms with E-state index in [-0.39, 0.29) is 51.3 Å². The van der Waals surface area contributed by atoms with Crippen LogP contribution >= 0.6 is 0 Å². The number of benzene rings is 6. The molecule has 36 heavy (non-hydrogen) atoms. The normalized spacial score (nSPS) is 15.0. The van der Waals surface area contributed by atoms with E-state index in [0.29, 0.717) is 44.2 Å². The molecule has 6 aromatic carbocycles. The molecule has 0 aliphatic rings. The van der Waals surface area contributed by atoms with Crippen molar-refractivity contribution in [2.75, 3.05) is 0 Å². The lowest BCUT2D eigenvalue weighted by molar-refractivity contribution is 0.616. The molecule has 0 bridgehead atoms. The van der Waals surface area contributed by atoms with Gasteiger partial charge in [0.05, 0.1) is 17.2 Å². The number of rotatable bonds is 2. The second kappa shape index (κ2) is 7.34. The second-order valence-corrected chi connectivity index (χ2v) is 8.70. The van der Waals surface area contributed by atoms with Crippen LogP contribution in [0.15, 0.2) is 130 Å². The fraction of sp³-hybridized carbons (Fsp3) is 0. The van der Waals surface area contributed by atoms with Crippen LogP contribution in [0.4, 0.5) is 0 Å². The summed E-state index contributed by atoms with van der Waals surface area (Å²) in [6.45, 7) is 0. The third kappa shape index (κ3) is 2.67. The van der Waals surface area contributed by atoms with Gasteiger partial charge in [-0.1, -0.05) is 90.8 Å². The van der Waals surface area contributed by atoms with Crippen LogP contribution in [0.2, 0.25) is 0 Å². The zero-order valence-corrected chi connectivity index (χ0v) is 18.7. The summed E-state index contributed by atoms with van der Waals surface area (Å²) >= 11 is 0. The molecule has 2 heterocycles. The fourth-order valence-electron chi connectivity index (χ4n) is 5.28. The van der Waals surface area contributed by atoms with E-state index in [1.165, 1.54) is 0 Å². The molecule has 2 nitrogen and oxygen atoms in total. The quantitative estimate of drug-likeness (QED) is 0.236. The Bertz CT molecular complexity index is 2450. The molecule has 0 fully saturated rings. The van der Waals surface area contributed by atoms with Gasteiger partial charge in [0.2, 0.25) is 0 Å². The Kier molecular flexibility index (Phi) is 2.71. The standard InChI is InChI=1S/C34H20O2/c1-2-9-21(10-3-1)32-23-11-4-6-13-25(23)33(26-14-7-5-12-24(26)32)27-15-8-16-29-34(27)28-20-30-22(17-18-35-30)19-31(28)36-29/h1-20H/i4D,5D,6D,7D,11D,12D,13D,14D. The third-order valence-electron chi connectivity index (χ3n) is 6.78. The predicted molar refractivity (Wildman–Crippen MR) is 149 cm³/mol. The van der Waals surface area contributed by atoms with Gasteiger partial charge in [0.1, 0.15) is 16.7 Å². The van der Waals surface area contributed by atoms with Gasteiger partial charge < -0.3 is 8.83 Å². The number of hydrogen-bond donors (Lipinski definition) is 0. The first-order valence-corrected chi connectivity index (χ1v) is 11.5. The van der Waals surface area contributed by atoms with Crippen molar-refractivity contribution in [3.63, 3.8) is 0 Å². The third-order valence-corrected chi connectivity index (χ3v) is 6.78. The molecule has 8 rings (SSSR count). The Morgan fingerprint density at radius 3 is 1.97 bits per heavy atom. The smallest absolute Gasteiger partial charge is 0.136 e. The molecular formula is C34H20O2. The van der Waals surface area contributed by atoms with Crippen LogP contribution in [0.1, 0.15) is 11.0 Å². The highest BCUT2D eigenvalue weighted by atomic mass is 16.3. The Hall–Kier alpha value is -4.82. The van der Waals surface area contributed by atoms with Gasteiger partial charge in [0.25, 0.3) is 0 Å². The minimum Gasteiger partial charge on any atom is -0.464 e. The number of furan rings is 2. The lowest BCUT2D eigenvalue weighted by atomic mass is 9.85.